The van der Waals surface area contributed by atoms with Crippen LogP contribution in [0.1, 0.15) is 43.7 Å². The van der Waals surface area contributed by atoms with Crippen LogP contribution in [-0.2, 0) is 15.2 Å². The molecule has 2 atom stereocenters. The topological polar surface area (TPSA) is 78.9 Å². The van der Waals surface area contributed by atoms with E-state index >= 15 is 0 Å². The summed E-state index contributed by atoms with van der Waals surface area (Å²) in [6.45, 7) is 5.17. The fourth-order valence-corrected chi connectivity index (χ4v) is 4.38. The number of piperidine rings is 1. The van der Waals surface area contributed by atoms with Crippen LogP contribution in [0.3, 0.4) is 0 Å². The van der Waals surface area contributed by atoms with E-state index in [0.717, 1.165) is 36.1 Å². The molecule has 2 N–H and O–H groups in total. The van der Waals surface area contributed by atoms with Crippen molar-refractivity contribution in [1.82, 2.24) is 10.2 Å². The van der Waals surface area contributed by atoms with Gasteiger partial charge in [0.25, 0.3) is 0 Å². The third-order valence-electron chi connectivity index (χ3n) is 6.05. The molecule has 2 amide bonds. The van der Waals surface area contributed by atoms with Gasteiger partial charge in [0.15, 0.2) is 0 Å². The molecule has 2 aromatic rings. The van der Waals surface area contributed by atoms with Crippen molar-refractivity contribution in [2.45, 2.75) is 45.1 Å². The molecule has 1 fully saturated rings. The summed E-state index contributed by atoms with van der Waals surface area (Å²) in [7, 11) is 0. The number of aliphatic hydroxyl groups is 1. The molecule has 1 saturated heterocycles. The van der Waals surface area contributed by atoms with Crippen LogP contribution in [0.15, 0.2) is 48.5 Å². The number of hydrogen-bond donors (Lipinski definition) is 2. The third-order valence-corrected chi connectivity index (χ3v) is 6.05. The average molecular weight is 425 g/mol. The molecule has 0 aromatic heterocycles. The minimum atomic E-state index is -1.18. The number of nitrogens with zero attached hydrogens (tertiary/aromatic N) is 1. The first-order valence-corrected chi connectivity index (χ1v) is 10.9. The van der Waals surface area contributed by atoms with Crippen LogP contribution >= 0.6 is 0 Å². The molecular formula is C25H32N2O4. The lowest BCUT2D eigenvalue weighted by atomic mass is 9.74. The monoisotopic (exact) mass is 424 g/mol. The van der Waals surface area contributed by atoms with Gasteiger partial charge in [-0.15, -0.1) is 0 Å². The predicted molar refractivity (Wildman–Crippen MR) is 120 cm³/mol. The number of carbonyl (C=O) groups is 2. The normalized spacial score (nSPS) is 18.2. The van der Waals surface area contributed by atoms with Crippen LogP contribution in [0.5, 0.6) is 11.5 Å². The van der Waals surface area contributed by atoms with E-state index in [1.807, 2.05) is 55.5 Å². The van der Waals surface area contributed by atoms with E-state index in [-0.39, 0.29) is 11.8 Å². The highest BCUT2D eigenvalue weighted by atomic mass is 16.5. The molecule has 31 heavy (non-hydrogen) atoms. The second-order valence-electron chi connectivity index (χ2n) is 8.31. The van der Waals surface area contributed by atoms with Gasteiger partial charge in [0.2, 0.25) is 12.3 Å². The molecule has 3 rings (SSSR count). The van der Waals surface area contributed by atoms with Crippen LogP contribution in [0, 0.1) is 12.8 Å². The summed E-state index contributed by atoms with van der Waals surface area (Å²) in [4.78, 5) is 24.4. The van der Waals surface area contributed by atoms with Crippen LogP contribution in [0.4, 0.5) is 0 Å². The average Bonchev–Trinajstić information content (AvgIpc) is 2.78. The van der Waals surface area contributed by atoms with E-state index in [4.69, 9.17) is 4.74 Å². The number of likely N-dealkylation sites (tertiary alicyclic amines) is 1. The summed E-state index contributed by atoms with van der Waals surface area (Å²) in [6.07, 6.45) is 3.60. The molecule has 6 heteroatoms. The highest BCUT2D eigenvalue weighted by Crippen LogP contribution is 2.44. The maximum absolute atomic E-state index is 12.1. The molecule has 0 spiro atoms. The second-order valence-corrected chi connectivity index (χ2v) is 8.31. The number of hydrogen-bond acceptors (Lipinski definition) is 4. The molecule has 0 radical (unpaired) electrons. The van der Waals surface area contributed by atoms with E-state index in [9.17, 15) is 14.7 Å². The van der Waals surface area contributed by atoms with E-state index in [0.29, 0.717) is 38.2 Å². The van der Waals surface area contributed by atoms with E-state index in [1.165, 1.54) is 6.92 Å². The molecular weight excluding hydrogens is 392 g/mol. The first-order valence-electron chi connectivity index (χ1n) is 10.9. The fraction of sp³-hybridized carbons (Fsp3) is 0.440. The first-order chi connectivity index (χ1) is 14.9. The molecule has 1 aliphatic rings. The van der Waals surface area contributed by atoms with Gasteiger partial charge in [-0.05, 0) is 50.3 Å². The van der Waals surface area contributed by atoms with Crippen molar-refractivity contribution in [3.8, 4) is 11.5 Å². The van der Waals surface area contributed by atoms with Gasteiger partial charge in [0.1, 0.15) is 11.5 Å². The summed E-state index contributed by atoms with van der Waals surface area (Å²) < 4.78 is 6.26. The Morgan fingerprint density at radius 2 is 1.94 bits per heavy atom. The van der Waals surface area contributed by atoms with Gasteiger partial charge in [-0.2, -0.15) is 0 Å². The summed E-state index contributed by atoms with van der Waals surface area (Å²) in [5.41, 5.74) is 0.550. The zero-order valence-corrected chi connectivity index (χ0v) is 18.3. The molecule has 1 heterocycles. The van der Waals surface area contributed by atoms with Gasteiger partial charge in [0, 0.05) is 38.0 Å². The van der Waals surface area contributed by atoms with E-state index in [2.05, 4.69) is 5.32 Å². The SMILES string of the molecule is CC(=O)NCCCC(O)(c1ccccc1Oc1ccccc1C)C1CCCN(C=O)C1. The van der Waals surface area contributed by atoms with Crippen molar-refractivity contribution < 1.29 is 19.4 Å². The molecule has 2 aromatic carbocycles. The van der Waals surface area contributed by atoms with Crippen molar-refractivity contribution in [3.05, 3.63) is 59.7 Å². The van der Waals surface area contributed by atoms with Crippen LogP contribution in [0.2, 0.25) is 0 Å². The fourth-order valence-electron chi connectivity index (χ4n) is 4.38. The van der Waals surface area contributed by atoms with Crippen molar-refractivity contribution in [1.29, 1.82) is 0 Å². The smallest absolute Gasteiger partial charge is 0.216 e. The standard InChI is InChI=1S/C25H32N2O4/c1-19-9-3-5-12-23(19)31-24-13-6-4-11-22(24)25(30,14-8-15-26-20(2)29)21-10-7-16-27(17-21)18-28/h3-6,9,11-13,18,21,30H,7-8,10,14-17H2,1-2H3,(H,26,29). The number of ether oxygens (including phenoxy) is 1. The van der Waals surface area contributed by atoms with Crippen molar-refractivity contribution in [3.63, 3.8) is 0 Å². The van der Waals surface area contributed by atoms with Gasteiger partial charge in [-0.3, -0.25) is 9.59 Å². The van der Waals surface area contributed by atoms with Gasteiger partial charge < -0.3 is 20.1 Å². The number of amides is 2. The summed E-state index contributed by atoms with van der Waals surface area (Å²) in [5, 5.41) is 14.9. The maximum Gasteiger partial charge on any atom is 0.216 e. The molecule has 0 aliphatic carbocycles. The maximum atomic E-state index is 12.1. The zero-order valence-electron chi connectivity index (χ0n) is 18.3. The van der Waals surface area contributed by atoms with Crippen LogP contribution in [-0.4, -0.2) is 42.0 Å². The Morgan fingerprint density at radius 3 is 2.65 bits per heavy atom. The molecule has 0 saturated carbocycles. The molecule has 2 unspecified atom stereocenters. The quantitative estimate of drug-likeness (QED) is 0.475. The summed E-state index contributed by atoms with van der Waals surface area (Å²) >= 11 is 0. The molecule has 166 valence electrons. The Kier molecular flexibility index (Phi) is 7.69. The minimum absolute atomic E-state index is 0.0865. The highest BCUT2D eigenvalue weighted by molar-refractivity contribution is 5.72. The Balaban J connectivity index is 1.93. The highest BCUT2D eigenvalue weighted by Gasteiger charge is 2.42. The number of nitrogens with one attached hydrogen (secondary N) is 1. The predicted octanol–water partition coefficient (Wildman–Crippen LogP) is 3.76. The van der Waals surface area contributed by atoms with E-state index < -0.39 is 5.60 Å². The minimum Gasteiger partial charge on any atom is -0.457 e. The number of rotatable bonds is 9. The number of carbonyl (C=O) groups excluding carboxylic acids is 2. The van der Waals surface area contributed by atoms with Crippen molar-refractivity contribution >= 4 is 12.3 Å². The van der Waals surface area contributed by atoms with Crippen LogP contribution in [0.25, 0.3) is 0 Å². The lowest BCUT2D eigenvalue weighted by molar-refractivity contribution is -0.124. The van der Waals surface area contributed by atoms with Crippen molar-refractivity contribution in [2.24, 2.45) is 5.92 Å². The molecule has 0 bridgehead atoms. The zero-order chi connectivity index (χ0) is 22.3. The van der Waals surface area contributed by atoms with Gasteiger partial charge in [-0.25, -0.2) is 0 Å². The summed E-state index contributed by atoms with van der Waals surface area (Å²) in [5.74, 6) is 1.15. The Hall–Kier alpha value is -2.86. The van der Waals surface area contributed by atoms with Crippen molar-refractivity contribution in [2.75, 3.05) is 19.6 Å². The van der Waals surface area contributed by atoms with Gasteiger partial charge in [-0.1, -0.05) is 36.4 Å². The lowest BCUT2D eigenvalue weighted by Gasteiger charge is -2.42. The third kappa shape index (κ3) is 5.64. The molecule has 1 aliphatic heterocycles. The summed E-state index contributed by atoms with van der Waals surface area (Å²) in [6, 6.07) is 15.4. The number of aryl methyl sites for hydroxylation is 1. The van der Waals surface area contributed by atoms with Gasteiger partial charge in [0.05, 0.1) is 5.60 Å². The van der Waals surface area contributed by atoms with Gasteiger partial charge >= 0.3 is 0 Å². The largest absolute Gasteiger partial charge is 0.457 e. The molecule has 6 nitrogen and oxygen atoms in total. The van der Waals surface area contributed by atoms with Crippen LogP contribution < -0.4 is 10.1 Å². The van der Waals surface area contributed by atoms with E-state index in [1.54, 1.807) is 4.90 Å². The lowest BCUT2D eigenvalue weighted by Crippen LogP contribution is -2.46. The Labute approximate surface area is 184 Å². The second kappa shape index (κ2) is 10.4. The Bertz CT molecular complexity index is 901. The first kappa shape index (κ1) is 22.8. The number of benzene rings is 2. The number of para-hydroxylation sites is 2. The Morgan fingerprint density at radius 1 is 1.23 bits per heavy atom.